The normalized spacial score (nSPS) is 15.3. The number of carbonyl (C=O) groups is 1. The van der Waals surface area contributed by atoms with Crippen LogP contribution < -0.4 is 21.3 Å². The van der Waals surface area contributed by atoms with Crippen LogP contribution in [0.25, 0.3) is 0 Å². The summed E-state index contributed by atoms with van der Waals surface area (Å²) >= 11 is 6.40. The van der Waals surface area contributed by atoms with E-state index in [1.54, 1.807) is 12.3 Å². The summed E-state index contributed by atoms with van der Waals surface area (Å²) in [5.74, 6) is 1.14. The molecule has 0 saturated heterocycles. The van der Waals surface area contributed by atoms with Crippen LogP contribution in [0.4, 0.5) is 23.3 Å². The van der Waals surface area contributed by atoms with E-state index in [2.05, 4.69) is 64.1 Å². The van der Waals surface area contributed by atoms with Crippen molar-refractivity contribution < 1.29 is 4.79 Å². The molecule has 1 amide bonds. The summed E-state index contributed by atoms with van der Waals surface area (Å²) in [6.45, 7) is 8.02. The van der Waals surface area contributed by atoms with Crippen LogP contribution in [0.5, 0.6) is 0 Å². The summed E-state index contributed by atoms with van der Waals surface area (Å²) < 4.78 is 0. The molecule has 1 fully saturated rings. The summed E-state index contributed by atoms with van der Waals surface area (Å²) in [5.41, 5.74) is 4.43. The van der Waals surface area contributed by atoms with Crippen LogP contribution in [-0.2, 0) is 18.4 Å². The van der Waals surface area contributed by atoms with Crippen LogP contribution in [0.15, 0.2) is 36.5 Å². The SMILES string of the molecule is CC(C)(C)c1nc(Nc2nc(Nc3ccc4c(c3)CCNC4)ncc2C(=O)NC2CC2)ccc1Cl. The molecule has 8 nitrogen and oxygen atoms in total. The van der Waals surface area contributed by atoms with E-state index < -0.39 is 0 Å². The lowest BCUT2D eigenvalue weighted by molar-refractivity contribution is 0.0951. The van der Waals surface area contributed by atoms with Gasteiger partial charge in [0.2, 0.25) is 5.95 Å². The molecule has 2 aromatic heterocycles. The molecular formula is C26H30ClN7O. The fraction of sp³-hybridized carbons (Fsp3) is 0.385. The van der Waals surface area contributed by atoms with Gasteiger partial charge in [0.05, 0.1) is 10.7 Å². The zero-order chi connectivity index (χ0) is 24.6. The van der Waals surface area contributed by atoms with E-state index in [0.29, 0.717) is 28.2 Å². The standard InChI is InChI=1S/C26H30ClN7O/c1-26(2,3)22-20(27)8-9-21(32-22)33-23-19(24(35)30-17-6-7-17)14-29-25(34-23)31-18-5-4-16-13-28-11-10-15(16)12-18/h4-5,8-9,12,14,17,28H,6-7,10-11,13H2,1-3H3,(H,30,35)(H2,29,31,32,33,34). The zero-order valence-corrected chi connectivity index (χ0v) is 21.0. The van der Waals surface area contributed by atoms with Gasteiger partial charge >= 0.3 is 0 Å². The maximum Gasteiger partial charge on any atom is 0.256 e. The maximum atomic E-state index is 12.9. The Morgan fingerprint density at radius 3 is 2.69 bits per heavy atom. The van der Waals surface area contributed by atoms with E-state index in [0.717, 1.165) is 43.7 Å². The van der Waals surface area contributed by atoms with Gasteiger partial charge in [0.15, 0.2) is 0 Å². The highest BCUT2D eigenvalue weighted by atomic mass is 35.5. The molecule has 35 heavy (non-hydrogen) atoms. The first-order chi connectivity index (χ1) is 16.8. The first kappa shape index (κ1) is 23.5. The summed E-state index contributed by atoms with van der Waals surface area (Å²) in [7, 11) is 0. The molecule has 1 aliphatic heterocycles. The Kier molecular flexibility index (Phi) is 6.34. The molecule has 0 atom stereocenters. The number of aromatic nitrogens is 3. The minimum atomic E-state index is -0.235. The Morgan fingerprint density at radius 1 is 1.09 bits per heavy atom. The highest BCUT2D eigenvalue weighted by Crippen LogP contribution is 2.30. The van der Waals surface area contributed by atoms with Crippen LogP contribution in [0, 0.1) is 0 Å². The van der Waals surface area contributed by atoms with Crippen molar-refractivity contribution in [1.82, 2.24) is 25.6 Å². The third kappa shape index (κ3) is 5.55. The number of hydrogen-bond acceptors (Lipinski definition) is 7. The molecule has 3 heterocycles. The fourth-order valence-corrected chi connectivity index (χ4v) is 4.43. The number of nitrogens with one attached hydrogen (secondary N) is 4. The van der Waals surface area contributed by atoms with Crippen molar-refractivity contribution in [3.63, 3.8) is 0 Å². The van der Waals surface area contributed by atoms with E-state index in [-0.39, 0.29) is 17.4 Å². The lowest BCUT2D eigenvalue weighted by atomic mass is 9.91. The molecule has 1 saturated carbocycles. The van der Waals surface area contributed by atoms with E-state index in [4.69, 9.17) is 16.6 Å². The molecule has 5 rings (SSSR count). The predicted molar refractivity (Wildman–Crippen MR) is 139 cm³/mol. The molecular weight excluding hydrogens is 462 g/mol. The van der Waals surface area contributed by atoms with Gasteiger partial charge < -0.3 is 21.3 Å². The Labute approximate surface area is 210 Å². The topological polar surface area (TPSA) is 104 Å². The summed E-state index contributed by atoms with van der Waals surface area (Å²) in [4.78, 5) is 26.7. The number of amides is 1. The molecule has 4 N–H and O–H groups in total. The van der Waals surface area contributed by atoms with Crippen LogP contribution in [-0.4, -0.2) is 33.4 Å². The van der Waals surface area contributed by atoms with Crippen molar-refractivity contribution in [1.29, 1.82) is 0 Å². The third-order valence-corrected chi connectivity index (χ3v) is 6.40. The molecule has 9 heteroatoms. The Bertz CT molecular complexity index is 1270. The van der Waals surface area contributed by atoms with Crippen LogP contribution in [0.2, 0.25) is 5.02 Å². The first-order valence-corrected chi connectivity index (χ1v) is 12.4. The number of nitrogens with zero attached hydrogens (tertiary/aromatic N) is 3. The lowest BCUT2D eigenvalue weighted by Crippen LogP contribution is -2.27. The summed E-state index contributed by atoms with van der Waals surface area (Å²) in [6, 6.07) is 10.1. The predicted octanol–water partition coefficient (Wildman–Crippen LogP) is 4.85. The summed E-state index contributed by atoms with van der Waals surface area (Å²) in [6.07, 6.45) is 4.53. The Balaban J connectivity index is 1.45. The van der Waals surface area contributed by atoms with E-state index in [9.17, 15) is 4.79 Å². The highest BCUT2D eigenvalue weighted by Gasteiger charge is 2.26. The van der Waals surface area contributed by atoms with Crippen molar-refractivity contribution in [3.8, 4) is 0 Å². The Hall–Kier alpha value is -3.23. The molecule has 0 spiro atoms. The van der Waals surface area contributed by atoms with Crippen LogP contribution in [0.1, 0.15) is 60.8 Å². The van der Waals surface area contributed by atoms with E-state index in [1.807, 2.05) is 12.1 Å². The van der Waals surface area contributed by atoms with Gasteiger partial charge in [-0.1, -0.05) is 38.4 Å². The number of carbonyl (C=O) groups excluding carboxylic acids is 1. The molecule has 3 aromatic rings. The van der Waals surface area contributed by atoms with Gasteiger partial charge in [-0.25, -0.2) is 9.97 Å². The fourth-order valence-electron chi connectivity index (χ4n) is 4.04. The number of fused-ring (bicyclic) bond motifs is 1. The number of pyridine rings is 1. The van der Waals surface area contributed by atoms with Gasteiger partial charge in [-0.15, -0.1) is 0 Å². The number of halogens is 1. The van der Waals surface area contributed by atoms with E-state index >= 15 is 0 Å². The second-order valence-electron chi connectivity index (χ2n) is 10.1. The van der Waals surface area contributed by atoms with Crippen molar-refractivity contribution in [3.05, 3.63) is 63.9 Å². The lowest BCUT2D eigenvalue weighted by Gasteiger charge is -2.20. The molecule has 1 aromatic carbocycles. The van der Waals surface area contributed by atoms with Gasteiger partial charge in [-0.05, 0) is 61.2 Å². The van der Waals surface area contributed by atoms with Crippen molar-refractivity contribution >= 4 is 40.8 Å². The maximum absolute atomic E-state index is 12.9. The number of anilines is 4. The van der Waals surface area contributed by atoms with Gasteiger partial charge in [0.25, 0.3) is 5.91 Å². The quantitative estimate of drug-likeness (QED) is 0.391. The molecule has 2 aliphatic rings. The zero-order valence-electron chi connectivity index (χ0n) is 20.2. The van der Waals surface area contributed by atoms with E-state index in [1.165, 1.54) is 11.1 Å². The number of benzene rings is 1. The number of rotatable bonds is 6. The van der Waals surface area contributed by atoms with Crippen LogP contribution >= 0.6 is 11.6 Å². The molecule has 182 valence electrons. The molecule has 1 aliphatic carbocycles. The van der Waals surface area contributed by atoms with Gasteiger partial charge in [-0.3, -0.25) is 4.79 Å². The van der Waals surface area contributed by atoms with Gasteiger partial charge in [0, 0.05) is 29.9 Å². The minimum absolute atomic E-state index is 0.201. The number of hydrogen-bond donors (Lipinski definition) is 4. The van der Waals surface area contributed by atoms with Crippen molar-refractivity contribution in [2.75, 3.05) is 17.2 Å². The van der Waals surface area contributed by atoms with Crippen molar-refractivity contribution in [2.45, 2.75) is 58.0 Å². The smallest absolute Gasteiger partial charge is 0.256 e. The first-order valence-electron chi connectivity index (χ1n) is 12.0. The molecule has 0 unspecified atom stereocenters. The van der Waals surface area contributed by atoms with Crippen LogP contribution in [0.3, 0.4) is 0 Å². The average Bonchev–Trinajstić information content (AvgIpc) is 3.63. The monoisotopic (exact) mass is 491 g/mol. The van der Waals surface area contributed by atoms with Gasteiger partial charge in [0.1, 0.15) is 17.2 Å². The minimum Gasteiger partial charge on any atom is -0.349 e. The highest BCUT2D eigenvalue weighted by molar-refractivity contribution is 6.31. The van der Waals surface area contributed by atoms with Crippen molar-refractivity contribution in [2.24, 2.45) is 0 Å². The molecule has 0 radical (unpaired) electrons. The third-order valence-electron chi connectivity index (χ3n) is 6.10. The Morgan fingerprint density at radius 2 is 1.91 bits per heavy atom. The largest absolute Gasteiger partial charge is 0.349 e. The summed E-state index contributed by atoms with van der Waals surface area (Å²) in [5, 5.41) is 13.5. The van der Waals surface area contributed by atoms with Gasteiger partial charge in [-0.2, -0.15) is 4.98 Å². The second-order valence-corrected chi connectivity index (χ2v) is 10.5. The average molecular weight is 492 g/mol. The second kappa shape index (κ2) is 9.43. The molecule has 0 bridgehead atoms.